The van der Waals surface area contributed by atoms with Gasteiger partial charge in [0.15, 0.2) is 0 Å². The van der Waals surface area contributed by atoms with Gasteiger partial charge in [-0.25, -0.2) is 0 Å². The summed E-state index contributed by atoms with van der Waals surface area (Å²) in [7, 11) is 0. The molecule has 0 spiro atoms. The lowest BCUT2D eigenvalue weighted by atomic mass is 9.76. The number of hydrogen-bond donors (Lipinski definition) is 0. The van der Waals surface area contributed by atoms with Crippen molar-refractivity contribution in [3.05, 3.63) is 173 Å². The molecular weight excluding hydrogens is 553 g/mol. The van der Waals surface area contributed by atoms with Gasteiger partial charge in [-0.15, -0.1) is 0 Å². The van der Waals surface area contributed by atoms with Crippen LogP contribution in [0.4, 0.5) is 0 Å². The van der Waals surface area contributed by atoms with Gasteiger partial charge in [-0.3, -0.25) is 0 Å². The van der Waals surface area contributed by atoms with Crippen molar-refractivity contribution in [3.63, 3.8) is 0 Å². The van der Waals surface area contributed by atoms with Crippen molar-refractivity contribution in [1.82, 2.24) is 0 Å². The molecule has 1 saturated carbocycles. The number of aryl methyl sites for hydroxylation is 1. The first-order valence-electron chi connectivity index (χ1n) is 16.9. The van der Waals surface area contributed by atoms with Gasteiger partial charge in [-0.1, -0.05) is 152 Å². The lowest BCUT2D eigenvalue weighted by Gasteiger charge is -2.28. The first kappa shape index (κ1) is 28.5. The maximum absolute atomic E-state index is 2.45. The highest BCUT2D eigenvalue weighted by Gasteiger charge is 2.23. The molecule has 1 unspecified atom stereocenters. The van der Waals surface area contributed by atoms with Gasteiger partial charge in [0.2, 0.25) is 0 Å². The van der Waals surface area contributed by atoms with E-state index >= 15 is 0 Å². The van der Waals surface area contributed by atoms with Crippen LogP contribution in [-0.2, 0) is 0 Å². The SMILES string of the molecule is Cc1c(-c2ccccc2)cccc1-c1ccc(C2C=CC(c3ccc(C)c4c(-c5ccccc5C5CCC5)cccc34)=CC2)cc1. The van der Waals surface area contributed by atoms with Crippen molar-refractivity contribution in [1.29, 1.82) is 0 Å². The normalized spacial score (nSPS) is 16.3. The van der Waals surface area contributed by atoms with Crippen LogP contribution in [0.25, 0.3) is 49.7 Å². The Labute approximate surface area is 273 Å². The Morgan fingerprint density at radius 2 is 1.22 bits per heavy atom. The number of allylic oxidation sites excluding steroid dienone is 4. The average molecular weight is 593 g/mol. The molecule has 0 nitrogen and oxygen atoms in total. The lowest BCUT2D eigenvalue weighted by molar-refractivity contribution is 0.420. The van der Waals surface area contributed by atoms with E-state index in [0.29, 0.717) is 11.8 Å². The second-order valence-electron chi connectivity index (χ2n) is 13.2. The Bertz CT molecular complexity index is 2100. The molecule has 224 valence electrons. The molecule has 2 aliphatic carbocycles. The molecule has 1 atom stereocenters. The quantitative estimate of drug-likeness (QED) is 0.180. The highest BCUT2D eigenvalue weighted by molar-refractivity contribution is 6.05. The molecule has 8 rings (SSSR count). The summed E-state index contributed by atoms with van der Waals surface area (Å²) in [4.78, 5) is 0. The van der Waals surface area contributed by atoms with Crippen LogP contribution in [0, 0.1) is 13.8 Å². The fourth-order valence-electron chi connectivity index (χ4n) is 7.73. The summed E-state index contributed by atoms with van der Waals surface area (Å²) in [6, 6.07) is 47.3. The van der Waals surface area contributed by atoms with Crippen LogP contribution < -0.4 is 0 Å². The molecule has 0 heteroatoms. The van der Waals surface area contributed by atoms with Gasteiger partial charge >= 0.3 is 0 Å². The van der Waals surface area contributed by atoms with Crippen LogP contribution in [0.3, 0.4) is 0 Å². The van der Waals surface area contributed by atoms with Gasteiger partial charge in [0, 0.05) is 5.92 Å². The predicted octanol–water partition coefficient (Wildman–Crippen LogP) is 12.9. The van der Waals surface area contributed by atoms with Crippen LogP contribution in [0.1, 0.15) is 65.3 Å². The van der Waals surface area contributed by atoms with E-state index in [4.69, 9.17) is 0 Å². The van der Waals surface area contributed by atoms with Crippen molar-refractivity contribution in [2.75, 3.05) is 0 Å². The molecule has 1 fully saturated rings. The maximum Gasteiger partial charge on any atom is 0.00561 e. The molecule has 2 aliphatic rings. The number of rotatable bonds is 6. The standard InChI is InChI=1S/C46H40/c1-31-21-30-42(44-19-10-20-45(46(31)44)43-16-7-6-15-41(43)36-13-8-14-36)38-28-24-34(25-29-38)33-22-26-37(27-23-33)40-18-9-17-39(32(40)2)35-11-4-3-5-12-35/h3-7,9-12,15-24,26-30,34,36H,8,13-14,25H2,1-2H3. The topological polar surface area (TPSA) is 0 Å². The van der Waals surface area contributed by atoms with Crippen molar-refractivity contribution >= 4 is 16.3 Å². The van der Waals surface area contributed by atoms with E-state index in [1.165, 1.54) is 96.8 Å². The fraction of sp³-hybridized carbons (Fsp3) is 0.174. The number of hydrogen-bond acceptors (Lipinski definition) is 0. The van der Waals surface area contributed by atoms with Crippen molar-refractivity contribution < 1.29 is 0 Å². The largest absolute Gasteiger partial charge is 0.0761 e. The van der Waals surface area contributed by atoms with Gasteiger partial charge in [0.05, 0.1) is 0 Å². The summed E-state index contributed by atoms with van der Waals surface area (Å²) in [6.07, 6.45) is 12.2. The average Bonchev–Trinajstić information content (AvgIpc) is 3.09. The van der Waals surface area contributed by atoms with Crippen LogP contribution in [0.15, 0.2) is 146 Å². The van der Waals surface area contributed by atoms with Crippen LogP contribution in [0.2, 0.25) is 0 Å². The van der Waals surface area contributed by atoms with Crippen molar-refractivity contribution in [3.8, 4) is 33.4 Å². The van der Waals surface area contributed by atoms with Gasteiger partial charge < -0.3 is 0 Å². The monoisotopic (exact) mass is 592 g/mol. The summed E-state index contributed by atoms with van der Waals surface area (Å²) in [5.41, 5.74) is 16.2. The third kappa shape index (κ3) is 5.13. The zero-order chi connectivity index (χ0) is 31.0. The summed E-state index contributed by atoms with van der Waals surface area (Å²) in [5.74, 6) is 1.09. The van der Waals surface area contributed by atoms with Crippen molar-refractivity contribution in [2.45, 2.75) is 51.4 Å². The molecule has 0 aliphatic heterocycles. The Morgan fingerprint density at radius 3 is 1.93 bits per heavy atom. The van der Waals surface area contributed by atoms with Gasteiger partial charge in [0.1, 0.15) is 0 Å². The maximum atomic E-state index is 2.45. The third-order valence-electron chi connectivity index (χ3n) is 10.5. The van der Waals surface area contributed by atoms with E-state index in [1.807, 2.05) is 0 Å². The van der Waals surface area contributed by atoms with E-state index in [2.05, 4.69) is 159 Å². The fourth-order valence-corrected chi connectivity index (χ4v) is 7.73. The molecule has 0 radical (unpaired) electrons. The zero-order valence-electron chi connectivity index (χ0n) is 26.8. The molecule has 0 saturated heterocycles. The van der Waals surface area contributed by atoms with Gasteiger partial charge in [-0.05, 0) is 117 Å². The summed E-state index contributed by atoms with van der Waals surface area (Å²) >= 11 is 0. The number of benzene rings is 6. The third-order valence-corrected chi connectivity index (χ3v) is 10.5. The Morgan fingerprint density at radius 1 is 0.543 bits per heavy atom. The van der Waals surface area contributed by atoms with E-state index < -0.39 is 0 Å². The molecular formula is C46H40. The van der Waals surface area contributed by atoms with E-state index in [-0.39, 0.29) is 0 Å². The second kappa shape index (κ2) is 12.1. The van der Waals surface area contributed by atoms with Crippen molar-refractivity contribution in [2.24, 2.45) is 0 Å². The summed E-state index contributed by atoms with van der Waals surface area (Å²) in [6.45, 7) is 4.51. The minimum Gasteiger partial charge on any atom is -0.0761 e. The first-order valence-corrected chi connectivity index (χ1v) is 16.9. The molecule has 6 aromatic rings. The minimum absolute atomic E-state index is 0.385. The highest BCUT2D eigenvalue weighted by Crippen LogP contribution is 2.44. The van der Waals surface area contributed by atoms with Gasteiger partial charge in [0.25, 0.3) is 0 Å². The minimum atomic E-state index is 0.385. The summed E-state index contributed by atoms with van der Waals surface area (Å²) < 4.78 is 0. The Balaban J connectivity index is 1.07. The molecule has 6 aromatic carbocycles. The molecule has 46 heavy (non-hydrogen) atoms. The zero-order valence-corrected chi connectivity index (χ0v) is 26.8. The molecule has 0 amide bonds. The Hall–Kier alpha value is -4.94. The Kier molecular flexibility index (Phi) is 7.51. The van der Waals surface area contributed by atoms with Crippen LogP contribution >= 0.6 is 0 Å². The van der Waals surface area contributed by atoms with Crippen LogP contribution in [0.5, 0.6) is 0 Å². The van der Waals surface area contributed by atoms with E-state index in [9.17, 15) is 0 Å². The summed E-state index contributed by atoms with van der Waals surface area (Å²) in [5, 5.41) is 2.75. The highest BCUT2D eigenvalue weighted by atomic mass is 14.3. The molecule has 0 N–H and O–H groups in total. The molecule has 0 aromatic heterocycles. The smallest absolute Gasteiger partial charge is 0.00561 e. The molecule has 0 heterocycles. The number of fused-ring (bicyclic) bond motifs is 1. The van der Waals surface area contributed by atoms with Gasteiger partial charge in [-0.2, -0.15) is 0 Å². The second-order valence-corrected chi connectivity index (χ2v) is 13.2. The van der Waals surface area contributed by atoms with E-state index in [1.54, 1.807) is 0 Å². The molecule has 0 bridgehead atoms. The first-order chi connectivity index (χ1) is 22.7. The predicted molar refractivity (Wildman–Crippen MR) is 197 cm³/mol. The lowest BCUT2D eigenvalue weighted by Crippen LogP contribution is -2.10. The van der Waals surface area contributed by atoms with Crippen LogP contribution in [-0.4, -0.2) is 0 Å². The van der Waals surface area contributed by atoms with E-state index in [0.717, 1.165) is 6.42 Å².